The van der Waals surface area contributed by atoms with Crippen molar-refractivity contribution in [2.45, 2.75) is 27.3 Å². The molecule has 0 fully saturated rings. The Bertz CT molecular complexity index is 502. The molecule has 0 aliphatic heterocycles. The molecule has 2 rings (SSSR count). The van der Waals surface area contributed by atoms with E-state index in [9.17, 15) is 0 Å². The second-order valence-electron chi connectivity index (χ2n) is 4.29. The fraction of sp³-hybridized carbons (Fsp3) is 0.429. The predicted molar refractivity (Wildman–Crippen MR) is 76.4 cm³/mol. The van der Waals surface area contributed by atoms with Gasteiger partial charge in [-0.1, -0.05) is 0 Å². The van der Waals surface area contributed by atoms with Gasteiger partial charge in [0, 0.05) is 31.4 Å². The molecule has 0 saturated heterocycles. The molecule has 1 heterocycles. The lowest BCUT2D eigenvalue weighted by Gasteiger charge is -2.21. The minimum Gasteiger partial charge on any atom is -0.424 e. The number of hydrogen-bond donors (Lipinski definition) is 1. The average Bonchev–Trinajstić information content (AvgIpc) is 2.85. The van der Waals surface area contributed by atoms with E-state index < -0.39 is 0 Å². The highest BCUT2D eigenvalue weighted by atomic mass is 16.4. The smallest absolute Gasteiger partial charge is 0.235 e. The number of aryl methyl sites for hydroxylation is 1. The molecular weight excluding hydrogens is 240 g/mol. The lowest BCUT2D eigenvalue weighted by atomic mass is 10.2. The van der Waals surface area contributed by atoms with Crippen LogP contribution in [0.1, 0.15) is 25.6 Å². The molecule has 0 aliphatic carbocycles. The summed E-state index contributed by atoms with van der Waals surface area (Å²) in [6.07, 6.45) is 0. The zero-order valence-electron chi connectivity index (χ0n) is 11.7. The predicted octanol–water partition coefficient (Wildman–Crippen LogP) is 2.84. The molecule has 1 aromatic carbocycles. The lowest BCUT2D eigenvalue weighted by Crippen LogP contribution is -2.21. The van der Waals surface area contributed by atoms with E-state index in [0.717, 1.165) is 18.8 Å². The van der Waals surface area contributed by atoms with Crippen molar-refractivity contribution in [1.29, 1.82) is 0 Å². The molecule has 0 amide bonds. The normalized spacial score (nSPS) is 10.5. The lowest BCUT2D eigenvalue weighted by molar-refractivity contribution is 0.475. The van der Waals surface area contributed by atoms with Crippen molar-refractivity contribution < 1.29 is 4.42 Å². The van der Waals surface area contributed by atoms with E-state index in [4.69, 9.17) is 4.42 Å². The number of benzene rings is 1. The number of aromatic nitrogens is 2. The Morgan fingerprint density at radius 3 is 2.32 bits per heavy atom. The molecule has 0 spiro atoms. The Balaban J connectivity index is 1.95. The van der Waals surface area contributed by atoms with Gasteiger partial charge in [-0.2, -0.15) is 0 Å². The third-order valence-electron chi connectivity index (χ3n) is 3.01. The number of anilines is 2. The minimum atomic E-state index is 0.547. The third-order valence-corrected chi connectivity index (χ3v) is 3.01. The maximum atomic E-state index is 5.31. The Hall–Kier alpha value is -2.04. The fourth-order valence-corrected chi connectivity index (χ4v) is 1.97. The molecule has 0 unspecified atom stereocenters. The summed E-state index contributed by atoms with van der Waals surface area (Å²) in [6, 6.07) is 8.37. The first-order valence-electron chi connectivity index (χ1n) is 6.60. The van der Waals surface area contributed by atoms with Gasteiger partial charge in [0.25, 0.3) is 0 Å². The average molecular weight is 260 g/mol. The van der Waals surface area contributed by atoms with Crippen molar-refractivity contribution in [3.8, 4) is 0 Å². The van der Waals surface area contributed by atoms with Crippen molar-refractivity contribution in [3.05, 3.63) is 36.0 Å². The van der Waals surface area contributed by atoms with Crippen LogP contribution < -0.4 is 10.2 Å². The maximum Gasteiger partial charge on any atom is 0.235 e. The van der Waals surface area contributed by atoms with Crippen LogP contribution in [0, 0.1) is 6.92 Å². The molecule has 102 valence electrons. The van der Waals surface area contributed by atoms with Crippen molar-refractivity contribution in [2.75, 3.05) is 23.3 Å². The van der Waals surface area contributed by atoms with E-state index in [2.05, 4.69) is 58.5 Å². The van der Waals surface area contributed by atoms with Crippen LogP contribution in [0.2, 0.25) is 0 Å². The SMILES string of the molecule is CCN(CC)c1ccc(NCc2nnc(C)o2)cc1. The number of hydrogen-bond acceptors (Lipinski definition) is 5. The van der Waals surface area contributed by atoms with Gasteiger partial charge in [0.2, 0.25) is 11.8 Å². The van der Waals surface area contributed by atoms with Gasteiger partial charge < -0.3 is 14.6 Å². The summed E-state index contributed by atoms with van der Waals surface area (Å²) in [5, 5.41) is 11.0. The van der Waals surface area contributed by atoms with E-state index in [1.54, 1.807) is 6.92 Å². The molecule has 1 aromatic heterocycles. The third kappa shape index (κ3) is 3.47. The van der Waals surface area contributed by atoms with Gasteiger partial charge in [-0.15, -0.1) is 10.2 Å². The summed E-state index contributed by atoms with van der Waals surface area (Å²) in [6.45, 7) is 8.69. The van der Waals surface area contributed by atoms with Gasteiger partial charge in [-0.25, -0.2) is 0 Å². The standard InChI is InChI=1S/C14H20N4O/c1-4-18(5-2)13-8-6-12(7-9-13)15-10-14-17-16-11(3)19-14/h6-9,15H,4-5,10H2,1-3H3. The Morgan fingerprint density at radius 2 is 1.79 bits per heavy atom. The molecule has 0 aliphatic rings. The first kappa shape index (κ1) is 13.4. The number of nitrogens with zero attached hydrogens (tertiary/aromatic N) is 3. The quantitative estimate of drug-likeness (QED) is 0.865. The molecule has 0 radical (unpaired) electrons. The van der Waals surface area contributed by atoms with Gasteiger partial charge in [0.15, 0.2) is 0 Å². The largest absolute Gasteiger partial charge is 0.424 e. The summed E-state index contributed by atoms with van der Waals surface area (Å²) in [5.74, 6) is 1.19. The minimum absolute atomic E-state index is 0.547. The van der Waals surface area contributed by atoms with Gasteiger partial charge in [0.1, 0.15) is 0 Å². The van der Waals surface area contributed by atoms with Crippen molar-refractivity contribution >= 4 is 11.4 Å². The summed E-state index contributed by atoms with van der Waals surface area (Å²) in [7, 11) is 0. The highest BCUT2D eigenvalue weighted by molar-refractivity contribution is 5.54. The Kier molecular flexibility index (Phi) is 4.39. The zero-order valence-corrected chi connectivity index (χ0v) is 11.7. The molecular formula is C14H20N4O. The highest BCUT2D eigenvalue weighted by Gasteiger charge is 2.03. The van der Waals surface area contributed by atoms with Gasteiger partial charge in [0.05, 0.1) is 6.54 Å². The molecule has 19 heavy (non-hydrogen) atoms. The number of nitrogens with one attached hydrogen (secondary N) is 1. The van der Waals surface area contributed by atoms with E-state index in [1.165, 1.54) is 5.69 Å². The first-order chi connectivity index (χ1) is 9.22. The molecule has 0 saturated carbocycles. The molecule has 0 atom stereocenters. The zero-order chi connectivity index (χ0) is 13.7. The van der Waals surface area contributed by atoms with Crippen LogP contribution in [-0.4, -0.2) is 23.3 Å². The topological polar surface area (TPSA) is 54.2 Å². The van der Waals surface area contributed by atoms with Crippen LogP contribution in [0.25, 0.3) is 0 Å². The summed E-state index contributed by atoms with van der Waals surface area (Å²) in [5.41, 5.74) is 2.29. The van der Waals surface area contributed by atoms with Crippen LogP contribution in [0.5, 0.6) is 0 Å². The molecule has 5 heteroatoms. The van der Waals surface area contributed by atoms with E-state index in [1.807, 2.05) is 0 Å². The molecule has 0 bridgehead atoms. The maximum absolute atomic E-state index is 5.31. The molecule has 5 nitrogen and oxygen atoms in total. The monoisotopic (exact) mass is 260 g/mol. The molecule has 2 aromatic rings. The van der Waals surface area contributed by atoms with E-state index in [-0.39, 0.29) is 0 Å². The van der Waals surface area contributed by atoms with Crippen LogP contribution in [0.4, 0.5) is 11.4 Å². The molecule has 1 N–H and O–H groups in total. The fourth-order valence-electron chi connectivity index (χ4n) is 1.97. The summed E-state index contributed by atoms with van der Waals surface area (Å²) in [4.78, 5) is 2.31. The van der Waals surface area contributed by atoms with Crippen molar-refractivity contribution in [1.82, 2.24) is 10.2 Å². The first-order valence-corrected chi connectivity index (χ1v) is 6.60. The second kappa shape index (κ2) is 6.22. The van der Waals surface area contributed by atoms with Crippen molar-refractivity contribution in [3.63, 3.8) is 0 Å². The Labute approximate surface area is 113 Å². The number of rotatable bonds is 6. The summed E-state index contributed by atoms with van der Waals surface area (Å²) < 4.78 is 5.31. The summed E-state index contributed by atoms with van der Waals surface area (Å²) >= 11 is 0. The second-order valence-corrected chi connectivity index (χ2v) is 4.29. The van der Waals surface area contributed by atoms with Crippen LogP contribution >= 0.6 is 0 Å². The Morgan fingerprint density at radius 1 is 1.11 bits per heavy atom. The van der Waals surface area contributed by atoms with E-state index >= 15 is 0 Å². The van der Waals surface area contributed by atoms with Gasteiger partial charge in [-0.05, 0) is 38.1 Å². The van der Waals surface area contributed by atoms with Crippen LogP contribution in [-0.2, 0) is 6.54 Å². The van der Waals surface area contributed by atoms with E-state index in [0.29, 0.717) is 18.3 Å². The van der Waals surface area contributed by atoms with Gasteiger partial charge in [-0.3, -0.25) is 0 Å². The van der Waals surface area contributed by atoms with Crippen LogP contribution in [0.3, 0.4) is 0 Å². The highest BCUT2D eigenvalue weighted by Crippen LogP contribution is 2.18. The van der Waals surface area contributed by atoms with Crippen molar-refractivity contribution in [2.24, 2.45) is 0 Å². The van der Waals surface area contributed by atoms with Crippen LogP contribution in [0.15, 0.2) is 28.7 Å². The van der Waals surface area contributed by atoms with Gasteiger partial charge >= 0.3 is 0 Å².